The van der Waals surface area contributed by atoms with Gasteiger partial charge in [0, 0.05) is 18.5 Å². The van der Waals surface area contributed by atoms with Crippen molar-refractivity contribution in [1.29, 1.82) is 0 Å². The summed E-state index contributed by atoms with van der Waals surface area (Å²) in [6.07, 6.45) is 19.0. The third-order valence-electron chi connectivity index (χ3n) is 9.26. The molecule has 5 aliphatic rings. The SMILES string of the molecule is CCC1CC2C(C1C)C1C=CC3C=CC(O)=C4C(=O)NC(CCCNC(=O)C=CC=CC3C12)C4=O. The summed E-state index contributed by atoms with van der Waals surface area (Å²) in [6, 6.07) is -0.663. The Morgan fingerprint density at radius 2 is 1.83 bits per heavy atom. The van der Waals surface area contributed by atoms with E-state index in [0.29, 0.717) is 37.1 Å². The van der Waals surface area contributed by atoms with Gasteiger partial charge in [0.05, 0.1) is 6.04 Å². The van der Waals surface area contributed by atoms with E-state index in [1.165, 1.54) is 25.0 Å². The van der Waals surface area contributed by atoms with Gasteiger partial charge >= 0.3 is 0 Å². The van der Waals surface area contributed by atoms with Crippen LogP contribution < -0.4 is 10.6 Å². The van der Waals surface area contributed by atoms with Gasteiger partial charge in [0.1, 0.15) is 11.3 Å². The van der Waals surface area contributed by atoms with Crippen LogP contribution in [0, 0.1) is 47.3 Å². The van der Waals surface area contributed by atoms with Crippen LogP contribution in [-0.4, -0.2) is 35.3 Å². The number of allylic oxidation sites excluding steroid dienone is 7. The largest absolute Gasteiger partial charge is 0.507 e. The zero-order chi connectivity index (χ0) is 24.7. The maximum atomic E-state index is 12.8. The Hall–Kier alpha value is -2.89. The lowest BCUT2D eigenvalue weighted by molar-refractivity contribution is -0.118. The van der Waals surface area contributed by atoms with Crippen LogP contribution in [0.15, 0.2) is 59.9 Å². The molecule has 9 unspecified atom stereocenters. The van der Waals surface area contributed by atoms with E-state index in [1.807, 2.05) is 12.2 Å². The van der Waals surface area contributed by atoms with Gasteiger partial charge < -0.3 is 15.7 Å². The molecule has 3 aliphatic carbocycles. The van der Waals surface area contributed by atoms with Gasteiger partial charge in [0.2, 0.25) is 5.91 Å². The first-order chi connectivity index (χ1) is 16.9. The molecule has 0 aromatic carbocycles. The lowest BCUT2D eigenvalue weighted by Crippen LogP contribution is -2.51. The molecular weight excluding hydrogens is 440 g/mol. The molecule has 0 aromatic rings. The summed E-state index contributed by atoms with van der Waals surface area (Å²) in [7, 11) is 0. The summed E-state index contributed by atoms with van der Waals surface area (Å²) in [5.41, 5.74) is -0.162. The summed E-state index contributed by atoms with van der Waals surface area (Å²) < 4.78 is 0. The molecule has 0 radical (unpaired) electrons. The molecule has 2 bridgehead atoms. The number of rotatable bonds is 1. The minimum Gasteiger partial charge on any atom is -0.507 e. The summed E-state index contributed by atoms with van der Waals surface area (Å²) in [4.78, 5) is 37.4. The number of fused-ring (bicyclic) bond motifs is 8. The zero-order valence-electron chi connectivity index (χ0n) is 20.5. The van der Waals surface area contributed by atoms with Crippen molar-refractivity contribution in [3.05, 3.63) is 59.9 Å². The fraction of sp³-hybridized carbons (Fsp3) is 0.552. The summed E-state index contributed by atoms with van der Waals surface area (Å²) in [5, 5.41) is 16.2. The standard InChI is InChI=1S/C29H36N2O4/c1-3-17-15-21-25(16(17)2)20-12-10-18-11-13-23(32)27-28(34)22(31-29(27)35)8-6-14-30-24(33)9-5-4-7-19(18)26(20)21/h4-5,7,9-13,16-22,25-26,32H,3,6,8,14-15H2,1-2H3,(H,30,33)(H,31,35). The van der Waals surface area contributed by atoms with Gasteiger partial charge in [-0.05, 0) is 66.8 Å². The van der Waals surface area contributed by atoms with Crippen molar-refractivity contribution in [1.82, 2.24) is 10.6 Å². The highest BCUT2D eigenvalue weighted by Crippen LogP contribution is 2.65. The molecule has 0 spiro atoms. The molecule has 5 rings (SSSR count). The van der Waals surface area contributed by atoms with Crippen LogP contribution in [0.1, 0.15) is 39.5 Å². The molecule has 2 saturated carbocycles. The normalized spacial score (nSPS) is 41.0. The van der Waals surface area contributed by atoms with E-state index in [4.69, 9.17) is 0 Å². The summed E-state index contributed by atoms with van der Waals surface area (Å²) >= 11 is 0. The fourth-order valence-corrected chi connectivity index (χ4v) is 7.53. The highest BCUT2D eigenvalue weighted by atomic mass is 16.3. The number of nitrogens with one attached hydrogen (secondary N) is 2. The second-order valence-electron chi connectivity index (χ2n) is 10.9. The first-order valence-corrected chi connectivity index (χ1v) is 13.2. The van der Waals surface area contributed by atoms with Crippen molar-refractivity contribution in [2.75, 3.05) is 6.54 Å². The van der Waals surface area contributed by atoms with E-state index >= 15 is 0 Å². The van der Waals surface area contributed by atoms with Crippen LogP contribution in [0.3, 0.4) is 0 Å². The van der Waals surface area contributed by atoms with Crippen LogP contribution in [-0.2, 0) is 14.4 Å². The molecular formula is C29H36N2O4. The number of hydrogen-bond acceptors (Lipinski definition) is 4. The van der Waals surface area contributed by atoms with Gasteiger partial charge in [-0.3, -0.25) is 14.4 Å². The third-order valence-corrected chi connectivity index (χ3v) is 9.26. The Morgan fingerprint density at radius 1 is 1.00 bits per heavy atom. The minimum absolute atomic E-state index is 0.0421. The van der Waals surface area contributed by atoms with Crippen molar-refractivity contribution in [2.45, 2.75) is 45.6 Å². The van der Waals surface area contributed by atoms with Gasteiger partial charge in [0.25, 0.3) is 5.91 Å². The van der Waals surface area contributed by atoms with Crippen LogP contribution in [0.5, 0.6) is 0 Å². The molecule has 2 amide bonds. The molecule has 3 fully saturated rings. The topological polar surface area (TPSA) is 95.5 Å². The first-order valence-electron chi connectivity index (χ1n) is 13.2. The molecule has 0 aromatic heterocycles. The number of carbonyl (C=O) groups excluding carboxylic acids is 3. The third kappa shape index (κ3) is 4.21. The van der Waals surface area contributed by atoms with Crippen molar-refractivity contribution < 1.29 is 19.5 Å². The van der Waals surface area contributed by atoms with E-state index in [1.54, 1.807) is 6.08 Å². The average molecular weight is 477 g/mol. The van der Waals surface area contributed by atoms with E-state index in [0.717, 1.165) is 17.8 Å². The number of carbonyl (C=O) groups is 3. The molecule has 3 N–H and O–H groups in total. The number of Topliss-reactive ketones (excluding diaryl/α,β-unsaturated/α-hetero) is 1. The van der Waals surface area contributed by atoms with E-state index in [9.17, 15) is 19.5 Å². The monoisotopic (exact) mass is 476 g/mol. The maximum absolute atomic E-state index is 12.8. The van der Waals surface area contributed by atoms with Crippen molar-refractivity contribution in [3.8, 4) is 0 Å². The van der Waals surface area contributed by atoms with Crippen LogP contribution in [0.25, 0.3) is 0 Å². The number of aliphatic hydroxyl groups excluding tert-OH is 1. The smallest absolute Gasteiger partial charge is 0.259 e. The van der Waals surface area contributed by atoms with Crippen molar-refractivity contribution in [3.63, 3.8) is 0 Å². The molecule has 186 valence electrons. The lowest BCUT2D eigenvalue weighted by Gasteiger charge is -2.55. The highest BCUT2D eigenvalue weighted by Gasteiger charge is 2.60. The van der Waals surface area contributed by atoms with Crippen molar-refractivity contribution >= 4 is 17.6 Å². The van der Waals surface area contributed by atoms with Crippen LogP contribution in [0.4, 0.5) is 0 Å². The van der Waals surface area contributed by atoms with Crippen LogP contribution in [0.2, 0.25) is 0 Å². The number of hydrogen-bond donors (Lipinski definition) is 3. The molecule has 2 heterocycles. The Morgan fingerprint density at radius 3 is 2.63 bits per heavy atom. The molecule has 6 heteroatoms. The van der Waals surface area contributed by atoms with Crippen molar-refractivity contribution in [2.24, 2.45) is 47.3 Å². The minimum atomic E-state index is -0.663. The van der Waals surface area contributed by atoms with Crippen LogP contribution >= 0.6 is 0 Å². The quantitative estimate of drug-likeness (QED) is 0.396. The van der Waals surface area contributed by atoms with E-state index < -0.39 is 11.9 Å². The molecule has 2 aliphatic heterocycles. The van der Waals surface area contributed by atoms with E-state index in [2.05, 4.69) is 42.7 Å². The van der Waals surface area contributed by atoms with Gasteiger partial charge in [-0.15, -0.1) is 0 Å². The summed E-state index contributed by atoms with van der Waals surface area (Å²) in [6.45, 7) is 5.12. The molecule has 9 atom stereocenters. The molecule has 6 nitrogen and oxygen atoms in total. The Kier molecular flexibility index (Phi) is 6.56. The van der Waals surface area contributed by atoms with E-state index in [-0.39, 0.29) is 34.9 Å². The fourth-order valence-electron chi connectivity index (χ4n) is 7.53. The Labute approximate surface area is 207 Å². The lowest BCUT2D eigenvalue weighted by atomic mass is 9.49. The Balaban J connectivity index is 1.47. The van der Waals surface area contributed by atoms with Gasteiger partial charge in [-0.25, -0.2) is 0 Å². The van der Waals surface area contributed by atoms with Gasteiger partial charge in [-0.2, -0.15) is 0 Å². The average Bonchev–Trinajstić information content (AvgIpc) is 3.27. The second-order valence-corrected chi connectivity index (χ2v) is 10.9. The maximum Gasteiger partial charge on any atom is 0.259 e. The number of ketones is 1. The first kappa shape index (κ1) is 23.8. The predicted octanol–water partition coefficient (Wildman–Crippen LogP) is 3.79. The van der Waals surface area contributed by atoms with Gasteiger partial charge in [0.15, 0.2) is 5.78 Å². The summed E-state index contributed by atoms with van der Waals surface area (Å²) in [5.74, 6) is 2.94. The highest BCUT2D eigenvalue weighted by molar-refractivity contribution is 6.27. The second kappa shape index (κ2) is 9.63. The number of aliphatic hydroxyl groups is 1. The number of amides is 2. The molecule has 1 saturated heterocycles. The predicted molar refractivity (Wildman–Crippen MR) is 134 cm³/mol. The zero-order valence-corrected chi connectivity index (χ0v) is 20.5. The Bertz CT molecular complexity index is 1050. The van der Waals surface area contributed by atoms with Gasteiger partial charge in [-0.1, -0.05) is 56.7 Å². The molecule has 35 heavy (non-hydrogen) atoms.